The van der Waals surface area contributed by atoms with Crippen LogP contribution in [0.3, 0.4) is 0 Å². The maximum absolute atomic E-state index is 6.00. The van der Waals surface area contributed by atoms with Crippen LogP contribution in [-0.2, 0) is 13.6 Å². The van der Waals surface area contributed by atoms with Crippen LogP contribution in [0.15, 0.2) is 11.1 Å². The Morgan fingerprint density at radius 3 is 2.67 bits per heavy atom. The Hall–Kier alpha value is -0.520. The number of thioether (sulfide) groups is 1. The van der Waals surface area contributed by atoms with Crippen LogP contribution >= 0.6 is 35.0 Å². The third-order valence-corrected chi connectivity index (χ3v) is 4.74. The van der Waals surface area contributed by atoms with Gasteiger partial charge in [-0.1, -0.05) is 23.2 Å². The summed E-state index contributed by atoms with van der Waals surface area (Å²) in [4.78, 5) is 6.52. The van der Waals surface area contributed by atoms with Gasteiger partial charge in [0.15, 0.2) is 5.96 Å². The molecule has 0 radical (unpaired) electrons. The van der Waals surface area contributed by atoms with E-state index in [-0.39, 0.29) is 0 Å². The molecule has 2 N–H and O–H groups in total. The van der Waals surface area contributed by atoms with Crippen LogP contribution in [0.25, 0.3) is 0 Å². The summed E-state index contributed by atoms with van der Waals surface area (Å²) in [7, 11) is 1.87. The minimum absolute atomic E-state index is 0.498. The van der Waals surface area contributed by atoms with Crippen molar-refractivity contribution >= 4 is 40.9 Å². The van der Waals surface area contributed by atoms with Gasteiger partial charge in [-0.15, -0.1) is 0 Å². The van der Waals surface area contributed by atoms with E-state index in [0.717, 1.165) is 30.3 Å². The zero-order valence-corrected chi connectivity index (χ0v) is 12.5. The van der Waals surface area contributed by atoms with Gasteiger partial charge in [-0.05, 0) is 6.07 Å². The third-order valence-electron chi connectivity index (χ3n) is 2.95. The lowest BCUT2D eigenvalue weighted by atomic mass is 10.4. The monoisotopic (exact) mass is 306 g/mol. The molecule has 100 valence electrons. The first-order valence-electron chi connectivity index (χ1n) is 5.72. The number of nitrogens with two attached hydrogens (primary N) is 1. The van der Waals surface area contributed by atoms with Crippen LogP contribution in [-0.4, -0.2) is 40.0 Å². The number of aromatic nitrogens is 1. The Kier molecular flexibility index (Phi) is 4.70. The van der Waals surface area contributed by atoms with Crippen LogP contribution in [0.4, 0.5) is 0 Å². The molecule has 0 unspecified atom stereocenters. The van der Waals surface area contributed by atoms with Crippen LogP contribution in [0.2, 0.25) is 10.2 Å². The van der Waals surface area contributed by atoms with Crippen LogP contribution in [0.1, 0.15) is 5.69 Å². The smallest absolute Gasteiger partial charge is 0.191 e. The molecule has 1 saturated heterocycles. The molecular formula is C11H16Cl2N4S. The van der Waals surface area contributed by atoms with Gasteiger partial charge in [-0.25, -0.2) is 4.99 Å². The predicted octanol–water partition coefficient (Wildman–Crippen LogP) is 2.20. The fourth-order valence-corrected chi connectivity index (χ4v) is 3.11. The highest BCUT2D eigenvalue weighted by Gasteiger charge is 2.13. The molecule has 7 heteroatoms. The van der Waals surface area contributed by atoms with Crippen molar-refractivity contribution in [1.29, 1.82) is 0 Å². The molecule has 0 aromatic carbocycles. The molecule has 0 atom stereocenters. The van der Waals surface area contributed by atoms with E-state index in [0.29, 0.717) is 22.7 Å². The van der Waals surface area contributed by atoms with Gasteiger partial charge in [-0.2, -0.15) is 11.8 Å². The fourth-order valence-electron chi connectivity index (χ4n) is 1.80. The molecule has 0 spiro atoms. The molecule has 4 nitrogen and oxygen atoms in total. The molecule has 1 aliphatic rings. The van der Waals surface area contributed by atoms with Gasteiger partial charge in [0.05, 0.1) is 11.6 Å². The van der Waals surface area contributed by atoms with Crippen molar-refractivity contribution < 1.29 is 0 Å². The van der Waals surface area contributed by atoms with Gasteiger partial charge >= 0.3 is 0 Å². The molecule has 18 heavy (non-hydrogen) atoms. The summed E-state index contributed by atoms with van der Waals surface area (Å²) in [6, 6.07) is 1.83. The van der Waals surface area contributed by atoms with E-state index < -0.39 is 0 Å². The third kappa shape index (κ3) is 3.08. The minimum atomic E-state index is 0.498. The number of nitrogens with zero attached hydrogens (tertiary/aromatic N) is 3. The number of hydrogen-bond acceptors (Lipinski definition) is 2. The van der Waals surface area contributed by atoms with E-state index in [1.807, 2.05) is 29.4 Å². The lowest BCUT2D eigenvalue weighted by molar-refractivity contribution is 0.455. The first-order chi connectivity index (χ1) is 8.59. The van der Waals surface area contributed by atoms with Crippen molar-refractivity contribution in [1.82, 2.24) is 9.47 Å². The van der Waals surface area contributed by atoms with E-state index in [1.54, 1.807) is 0 Å². The van der Waals surface area contributed by atoms with Crippen molar-refractivity contribution in [3.63, 3.8) is 0 Å². The molecule has 0 saturated carbocycles. The second kappa shape index (κ2) is 6.08. The fraction of sp³-hybridized carbons (Fsp3) is 0.545. The maximum Gasteiger partial charge on any atom is 0.191 e. The Labute approximate surface area is 121 Å². The molecule has 1 aromatic rings. The summed E-state index contributed by atoms with van der Waals surface area (Å²) < 4.78 is 1.83. The summed E-state index contributed by atoms with van der Waals surface area (Å²) in [5.74, 6) is 2.82. The zero-order chi connectivity index (χ0) is 13.1. The average molecular weight is 307 g/mol. The highest BCUT2D eigenvalue weighted by atomic mass is 35.5. The van der Waals surface area contributed by atoms with Gasteiger partial charge in [0.25, 0.3) is 0 Å². The second-order valence-corrected chi connectivity index (χ2v) is 6.10. The van der Waals surface area contributed by atoms with Crippen LogP contribution < -0.4 is 5.73 Å². The van der Waals surface area contributed by atoms with Gasteiger partial charge in [0.1, 0.15) is 5.15 Å². The lowest BCUT2D eigenvalue weighted by Crippen LogP contribution is -2.42. The van der Waals surface area contributed by atoms with Gasteiger partial charge < -0.3 is 15.2 Å². The van der Waals surface area contributed by atoms with E-state index >= 15 is 0 Å². The molecule has 0 bridgehead atoms. The largest absolute Gasteiger partial charge is 0.370 e. The van der Waals surface area contributed by atoms with Crippen LogP contribution in [0, 0.1) is 0 Å². The van der Waals surface area contributed by atoms with Gasteiger partial charge in [-0.3, -0.25) is 0 Å². The molecule has 2 rings (SSSR count). The molecule has 1 aromatic heterocycles. The maximum atomic E-state index is 6.00. The van der Waals surface area contributed by atoms with E-state index in [1.165, 1.54) is 0 Å². The first kappa shape index (κ1) is 13.9. The normalized spacial score (nSPS) is 17.3. The van der Waals surface area contributed by atoms with E-state index in [4.69, 9.17) is 28.9 Å². The SMILES string of the molecule is Cn1c(CN=C(N)N2CCSCC2)cc(Cl)c1Cl. The number of hydrogen-bond donors (Lipinski definition) is 1. The molecular weight excluding hydrogens is 291 g/mol. The van der Waals surface area contributed by atoms with E-state index in [9.17, 15) is 0 Å². The van der Waals surface area contributed by atoms with Crippen molar-refractivity contribution in [3.8, 4) is 0 Å². The Morgan fingerprint density at radius 1 is 1.44 bits per heavy atom. The topological polar surface area (TPSA) is 46.6 Å². The minimum Gasteiger partial charge on any atom is -0.370 e. The summed E-state index contributed by atoms with van der Waals surface area (Å²) in [5.41, 5.74) is 6.94. The van der Waals surface area contributed by atoms with Gasteiger partial charge in [0, 0.05) is 37.3 Å². The first-order valence-corrected chi connectivity index (χ1v) is 7.63. The second-order valence-electron chi connectivity index (χ2n) is 4.11. The lowest BCUT2D eigenvalue weighted by Gasteiger charge is -2.27. The highest BCUT2D eigenvalue weighted by Crippen LogP contribution is 2.25. The predicted molar refractivity (Wildman–Crippen MR) is 79.7 cm³/mol. The Balaban J connectivity index is 2.02. The highest BCUT2D eigenvalue weighted by molar-refractivity contribution is 7.99. The summed E-state index contributed by atoms with van der Waals surface area (Å²) in [5, 5.41) is 1.09. The summed E-state index contributed by atoms with van der Waals surface area (Å²) in [6.07, 6.45) is 0. The molecule has 0 aliphatic carbocycles. The molecule has 0 amide bonds. The molecule has 2 heterocycles. The van der Waals surface area contributed by atoms with Crippen LogP contribution in [0.5, 0.6) is 0 Å². The summed E-state index contributed by atoms with van der Waals surface area (Å²) in [6.45, 7) is 2.43. The molecule has 1 aliphatic heterocycles. The standard InChI is InChI=1S/C11H16Cl2N4S/c1-16-8(6-9(12)10(16)13)7-15-11(14)17-2-4-18-5-3-17/h6H,2-5,7H2,1H3,(H2,14,15). The Bertz CT molecular complexity index is 452. The number of halogens is 2. The van der Waals surface area contributed by atoms with Gasteiger partial charge in [0.2, 0.25) is 0 Å². The average Bonchev–Trinajstić information content (AvgIpc) is 2.64. The van der Waals surface area contributed by atoms with E-state index in [2.05, 4.69) is 9.89 Å². The zero-order valence-electron chi connectivity index (χ0n) is 10.2. The summed E-state index contributed by atoms with van der Waals surface area (Å²) >= 11 is 13.9. The van der Waals surface area contributed by atoms with Crippen molar-refractivity contribution in [2.45, 2.75) is 6.54 Å². The van der Waals surface area contributed by atoms with Crippen molar-refractivity contribution in [2.75, 3.05) is 24.6 Å². The number of aliphatic imine (C=N–C) groups is 1. The number of guanidine groups is 1. The molecule has 1 fully saturated rings. The Morgan fingerprint density at radius 2 is 2.11 bits per heavy atom. The quantitative estimate of drug-likeness (QED) is 0.673. The number of rotatable bonds is 2. The van der Waals surface area contributed by atoms with Crippen molar-refractivity contribution in [2.24, 2.45) is 17.8 Å². The van der Waals surface area contributed by atoms with Crippen molar-refractivity contribution in [3.05, 3.63) is 21.9 Å².